The first-order chi connectivity index (χ1) is 30.1. The van der Waals surface area contributed by atoms with E-state index in [9.17, 15) is 28.8 Å². The molecule has 368 valence electrons. The SMILES string of the molecule is C=C=C=C=C=C=C=COC(=O)C(CC(C)C)NC(=O)C1C[C@@H](C(=O)NC(CC(C)C)C(=O)OCCCCCCCC)C[C@@H](C(=O)NC(CC(C)C)C(=O)OCCCCCCCC)C1.[HH].[HH].[HH].[HH].[HH].[HH].[HH].[HH]. The zero-order valence-corrected chi connectivity index (χ0v) is 39.8. The molecule has 4 unspecified atom stereocenters. The van der Waals surface area contributed by atoms with Crippen molar-refractivity contribution in [2.45, 2.75) is 189 Å². The van der Waals surface area contributed by atoms with Crippen LogP contribution in [0.15, 0.2) is 47.2 Å². The molecule has 0 aliphatic heterocycles. The minimum absolute atomic E-state index is 0. The van der Waals surface area contributed by atoms with E-state index in [1.54, 1.807) is 0 Å². The molecule has 1 fully saturated rings. The van der Waals surface area contributed by atoms with E-state index in [0.29, 0.717) is 12.8 Å². The third-order valence-electron chi connectivity index (χ3n) is 10.8. The second-order valence-electron chi connectivity index (χ2n) is 18.1. The Morgan fingerprint density at radius 3 is 1.25 bits per heavy atom. The number of carbonyl (C=O) groups is 6. The van der Waals surface area contributed by atoms with Gasteiger partial charge in [-0.3, -0.25) is 14.4 Å². The molecule has 0 radical (unpaired) electrons. The highest BCUT2D eigenvalue weighted by Gasteiger charge is 2.42. The highest BCUT2D eigenvalue weighted by molar-refractivity contribution is 5.91. The molecule has 0 spiro atoms. The fourth-order valence-corrected chi connectivity index (χ4v) is 7.54. The molecule has 0 heterocycles. The maximum Gasteiger partial charge on any atom is 0.334 e. The molecule has 0 aromatic rings. The average molecular weight is 894 g/mol. The smallest absolute Gasteiger partial charge is 0.334 e. The summed E-state index contributed by atoms with van der Waals surface area (Å²) < 4.78 is 16.5. The highest BCUT2D eigenvalue weighted by atomic mass is 16.5. The molecule has 0 aromatic carbocycles. The molecule has 1 rings (SSSR count). The number of hydrogen-bond acceptors (Lipinski definition) is 9. The summed E-state index contributed by atoms with van der Waals surface area (Å²) in [5, 5.41) is 8.62. The maximum absolute atomic E-state index is 14.2. The number of ether oxygens (including phenoxy) is 3. The Kier molecular flexibility index (Phi) is 30.1. The Morgan fingerprint density at radius 2 is 0.889 bits per heavy atom. The van der Waals surface area contributed by atoms with Gasteiger partial charge in [0, 0.05) is 29.2 Å². The van der Waals surface area contributed by atoms with E-state index in [-0.39, 0.29) is 68.1 Å². The van der Waals surface area contributed by atoms with E-state index >= 15 is 0 Å². The summed E-state index contributed by atoms with van der Waals surface area (Å²) >= 11 is 0. The lowest BCUT2D eigenvalue weighted by Gasteiger charge is -2.35. The molecule has 12 heteroatoms. The van der Waals surface area contributed by atoms with E-state index in [1.165, 1.54) is 12.8 Å². The van der Waals surface area contributed by atoms with Gasteiger partial charge >= 0.3 is 17.9 Å². The van der Waals surface area contributed by atoms with Gasteiger partial charge in [-0.15, -0.1) is 0 Å². The molecule has 1 aliphatic carbocycles. The number of esters is 3. The van der Waals surface area contributed by atoms with Crippen LogP contribution in [0.1, 0.15) is 182 Å². The number of unbranched alkanes of at least 4 members (excludes halogenated alkanes) is 10. The van der Waals surface area contributed by atoms with Crippen LogP contribution in [0, 0.1) is 35.5 Å². The molecule has 0 saturated heterocycles. The summed E-state index contributed by atoms with van der Waals surface area (Å²) in [5.74, 6) is -5.69. The molecule has 1 saturated carbocycles. The van der Waals surface area contributed by atoms with Crippen molar-refractivity contribution < 1.29 is 54.4 Å². The summed E-state index contributed by atoms with van der Waals surface area (Å²) in [6, 6.07) is -2.88. The highest BCUT2D eigenvalue weighted by Crippen LogP contribution is 2.35. The Hall–Kier alpha value is -4.76. The fraction of sp³-hybridized carbons (Fsp3) is 0.725. The van der Waals surface area contributed by atoms with E-state index in [0.717, 1.165) is 70.5 Å². The van der Waals surface area contributed by atoms with E-state index in [2.05, 4.69) is 70.8 Å². The molecule has 3 amide bonds. The maximum atomic E-state index is 14.2. The van der Waals surface area contributed by atoms with Crippen molar-refractivity contribution in [1.82, 2.24) is 16.0 Å². The number of carbonyl (C=O) groups excluding carboxylic acids is 6. The third-order valence-corrected chi connectivity index (χ3v) is 10.8. The van der Waals surface area contributed by atoms with Gasteiger partial charge in [-0.05, 0) is 104 Å². The van der Waals surface area contributed by atoms with Crippen LogP contribution in [0.5, 0.6) is 0 Å². The largest absolute Gasteiger partial charge is 0.464 e. The molecular formula is C51H95N3O9. The first kappa shape index (κ1) is 56.3. The number of amides is 3. The Bertz CT molecular complexity index is 1640. The lowest BCUT2D eigenvalue weighted by atomic mass is 9.73. The van der Waals surface area contributed by atoms with Crippen molar-refractivity contribution in [2.75, 3.05) is 13.2 Å². The zero-order valence-electron chi connectivity index (χ0n) is 39.8. The average Bonchev–Trinajstić information content (AvgIpc) is 3.23. The van der Waals surface area contributed by atoms with Crippen molar-refractivity contribution in [2.24, 2.45) is 35.5 Å². The third kappa shape index (κ3) is 25.8. The fourth-order valence-electron chi connectivity index (χ4n) is 7.54. The van der Waals surface area contributed by atoms with Gasteiger partial charge in [0.05, 0.1) is 13.2 Å². The van der Waals surface area contributed by atoms with Crippen molar-refractivity contribution in [3.63, 3.8) is 0 Å². The second-order valence-corrected chi connectivity index (χ2v) is 18.1. The molecule has 63 heavy (non-hydrogen) atoms. The first-order valence-electron chi connectivity index (χ1n) is 23.7. The van der Waals surface area contributed by atoms with Gasteiger partial charge in [0.15, 0.2) is 0 Å². The topological polar surface area (TPSA) is 166 Å². The van der Waals surface area contributed by atoms with Crippen LogP contribution < -0.4 is 16.0 Å². The first-order valence-corrected chi connectivity index (χ1v) is 23.7. The molecule has 12 nitrogen and oxygen atoms in total. The molecular weight excluding hydrogens is 799 g/mol. The molecule has 3 N–H and O–H groups in total. The number of hydrogen-bond donors (Lipinski definition) is 3. The van der Waals surface area contributed by atoms with Gasteiger partial charge in [0.25, 0.3) is 0 Å². The van der Waals surface area contributed by atoms with Crippen LogP contribution in [0.3, 0.4) is 0 Å². The molecule has 6 atom stereocenters. The van der Waals surface area contributed by atoms with Gasteiger partial charge in [-0.25, -0.2) is 14.4 Å². The quantitative estimate of drug-likeness (QED) is 0.0209. The number of rotatable bonds is 30. The standard InChI is InChI=1S/C51H79N3O9.8H2/c1-10-13-16-19-22-25-28-61-49(58)43(31-37(4)5)52-46(55)40-34-41(47(56)53-44(32-38(6)7)50(59)62-29-26-23-20-17-14-11-2)36-42(35-40)48(57)54-45(33-39(8)9)51(60)63-30-27-24-21-18-15-12-3;;;;;;;;/h28,37-45H,1,11-12,14-15,17-18,20-21,23-24,26-27,29-36H2,2-9H3,(H,52,55)(H,53,56)(H,54,57);8*1H/t40?,41-,42+,43?,44?,45?;;;;;;;;. The second kappa shape index (κ2) is 33.8. The monoisotopic (exact) mass is 894 g/mol. The summed E-state index contributed by atoms with van der Waals surface area (Å²) in [6.45, 7) is 19.8. The van der Waals surface area contributed by atoms with Crippen molar-refractivity contribution in [3.8, 4) is 0 Å². The summed E-state index contributed by atoms with van der Waals surface area (Å²) in [5.41, 5.74) is 14.8. The van der Waals surface area contributed by atoms with Crippen molar-refractivity contribution in [1.29, 1.82) is 0 Å². The zero-order chi connectivity index (χ0) is 47.0. The Balaban J connectivity index is -0.000000827. The van der Waals surface area contributed by atoms with Crippen molar-refractivity contribution in [3.05, 3.63) is 47.2 Å². The van der Waals surface area contributed by atoms with Gasteiger partial charge in [-0.2, -0.15) is 0 Å². The minimum Gasteiger partial charge on any atom is -0.464 e. The summed E-state index contributed by atoms with van der Waals surface area (Å²) in [7, 11) is 0. The van der Waals surface area contributed by atoms with E-state index in [4.69, 9.17) is 14.2 Å². The van der Waals surface area contributed by atoms with E-state index in [1.807, 2.05) is 41.5 Å². The predicted octanol–water partition coefficient (Wildman–Crippen LogP) is 11.0. The lowest BCUT2D eigenvalue weighted by molar-refractivity contribution is -0.150. The van der Waals surface area contributed by atoms with Gasteiger partial charge in [0.1, 0.15) is 24.4 Å². The van der Waals surface area contributed by atoms with Crippen LogP contribution in [0.2, 0.25) is 0 Å². The van der Waals surface area contributed by atoms with Gasteiger partial charge in [0.2, 0.25) is 17.7 Å². The minimum atomic E-state index is -1.05. The Labute approximate surface area is 390 Å². The van der Waals surface area contributed by atoms with Gasteiger partial charge < -0.3 is 30.2 Å². The van der Waals surface area contributed by atoms with Crippen LogP contribution >= 0.6 is 0 Å². The summed E-state index contributed by atoms with van der Waals surface area (Å²) in [6.07, 6.45) is 14.5. The van der Waals surface area contributed by atoms with Crippen LogP contribution in [0.4, 0.5) is 0 Å². The predicted molar refractivity (Wildman–Crippen MR) is 261 cm³/mol. The Morgan fingerprint density at radius 1 is 0.540 bits per heavy atom. The van der Waals surface area contributed by atoms with E-state index < -0.39 is 71.5 Å². The normalized spacial score (nSPS) is 17.0. The van der Waals surface area contributed by atoms with Crippen molar-refractivity contribution >= 4 is 35.6 Å². The van der Waals surface area contributed by atoms with Crippen LogP contribution in [0.25, 0.3) is 0 Å². The lowest BCUT2D eigenvalue weighted by Crippen LogP contribution is -2.52. The number of nitrogens with one attached hydrogen (secondary N) is 3. The summed E-state index contributed by atoms with van der Waals surface area (Å²) in [4.78, 5) is 82.3. The van der Waals surface area contributed by atoms with Crippen LogP contribution in [-0.4, -0.2) is 67.0 Å². The van der Waals surface area contributed by atoms with Gasteiger partial charge in [-0.1, -0.05) is 125 Å². The molecule has 1 aliphatic rings. The molecule has 0 aromatic heterocycles. The molecule has 0 bridgehead atoms. The van der Waals surface area contributed by atoms with Crippen LogP contribution in [-0.2, 0) is 43.0 Å².